The van der Waals surface area contributed by atoms with Crippen LogP contribution in [0.3, 0.4) is 0 Å². The van der Waals surface area contributed by atoms with Crippen LogP contribution < -0.4 is 4.74 Å². The van der Waals surface area contributed by atoms with Crippen molar-refractivity contribution in [2.45, 2.75) is 81.1 Å². The fourth-order valence-corrected chi connectivity index (χ4v) is 4.65. The smallest absolute Gasteiger partial charge is 0.217 e. The van der Waals surface area contributed by atoms with Gasteiger partial charge in [0.1, 0.15) is 5.76 Å². The van der Waals surface area contributed by atoms with Crippen LogP contribution in [0.1, 0.15) is 78.4 Å². The maximum atomic E-state index is 12.2. The second-order valence-electron chi connectivity index (χ2n) is 11.3. The molecule has 4 aromatic rings. The molecule has 0 aliphatic rings. The average molecular weight is 731 g/mol. The molecule has 0 aliphatic carbocycles. The number of para-hydroxylation sites is 1. The summed E-state index contributed by atoms with van der Waals surface area (Å²) in [5, 5.41) is 14.9. The molecule has 1 heterocycles. The van der Waals surface area contributed by atoms with Crippen molar-refractivity contribution in [3.63, 3.8) is 0 Å². The van der Waals surface area contributed by atoms with Crippen molar-refractivity contribution in [1.29, 1.82) is 0 Å². The van der Waals surface area contributed by atoms with E-state index in [2.05, 4.69) is 49.2 Å². The maximum absolute atomic E-state index is 12.2. The minimum absolute atomic E-state index is 0. The van der Waals surface area contributed by atoms with Gasteiger partial charge in [0.05, 0.1) is 0 Å². The van der Waals surface area contributed by atoms with Crippen molar-refractivity contribution >= 4 is 27.3 Å². The first kappa shape index (κ1) is 34.2. The van der Waals surface area contributed by atoms with E-state index in [1.54, 1.807) is 0 Å². The molecule has 221 valence electrons. The van der Waals surface area contributed by atoms with Gasteiger partial charge in [-0.3, -0.25) is 4.79 Å². The minimum atomic E-state index is -0.337. The predicted molar refractivity (Wildman–Crippen MR) is 167 cm³/mol. The first-order valence-corrected chi connectivity index (χ1v) is 14.4. The van der Waals surface area contributed by atoms with Crippen LogP contribution in [0.4, 0.5) is 0 Å². The molecule has 0 aliphatic heterocycles. The SMILES string of the molecule is CCC(C)(CC)C(=O)/C=C(\O)C(C)(CC)CC.Cc1cc(C)c2cc3cc(Oc4[c-]cccc4)ncc3cc2c1.[Ir]. The molecular formula is C36H44IrNO3-. The quantitative estimate of drug-likeness (QED) is 0.0806. The third kappa shape index (κ3) is 8.27. The number of allylic oxidation sites excluding steroid dienone is 2. The summed E-state index contributed by atoms with van der Waals surface area (Å²) in [6.07, 6.45) is 6.62. The van der Waals surface area contributed by atoms with Crippen molar-refractivity contribution < 1.29 is 34.7 Å². The number of aliphatic hydroxyl groups is 1. The molecule has 5 heteroatoms. The van der Waals surface area contributed by atoms with E-state index < -0.39 is 0 Å². The summed E-state index contributed by atoms with van der Waals surface area (Å²) in [6, 6.07) is 21.4. The van der Waals surface area contributed by atoms with Gasteiger partial charge in [-0.15, -0.1) is 12.1 Å². The Morgan fingerprint density at radius 1 is 0.902 bits per heavy atom. The van der Waals surface area contributed by atoms with Crippen molar-refractivity contribution in [2.75, 3.05) is 0 Å². The summed E-state index contributed by atoms with van der Waals surface area (Å²) >= 11 is 0. The predicted octanol–water partition coefficient (Wildman–Crippen LogP) is 10.2. The molecule has 0 amide bonds. The number of hydrogen-bond donors (Lipinski definition) is 1. The van der Waals surface area contributed by atoms with E-state index in [4.69, 9.17) is 4.74 Å². The Morgan fingerprint density at radius 3 is 2.15 bits per heavy atom. The number of carbonyl (C=O) groups is 1. The number of hydrogen-bond acceptors (Lipinski definition) is 4. The largest absolute Gasteiger partial charge is 0.512 e. The Labute approximate surface area is 259 Å². The van der Waals surface area contributed by atoms with Crippen LogP contribution in [0.2, 0.25) is 0 Å². The number of pyridine rings is 1. The van der Waals surface area contributed by atoms with E-state index in [-0.39, 0.29) is 42.5 Å². The summed E-state index contributed by atoms with van der Waals surface area (Å²) in [5.41, 5.74) is 1.97. The van der Waals surface area contributed by atoms with Gasteiger partial charge in [0.25, 0.3) is 0 Å². The number of aromatic nitrogens is 1. The Bertz CT molecular complexity index is 1490. The van der Waals surface area contributed by atoms with Gasteiger partial charge in [-0.05, 0) is 73.4 Å². The van der Waals surface area contributed by atoms with Gasteiger partial charge < -0.3 is 9.84 Å². The third-order valence-electron chi connectivity index (χ3n) is 8.61. The van der Waals surface area contributed by atoms with Gasteiger partial charge in [-0.2, -0.15) is 18.2 Å². The Kier molecular flexibility index (Phi) is 12.3. The topological polar surface area (TPSA) is 59.4 Å². The number of carbonyl (C=O) groups excluding carboxylic acids is 1. The number of ketones is 1. The van der Waals surface area contributed by atoms with Crippen molar-refractivity contribution in [3.8, 4) is 11.6 Å². The van der Waals surface area contributed by atoms with Gasteiger partial charge in [-0.25, -0.2) is 4.98 Å². The summed E-state index contributed by atoms with van der Waals surface area (Å²) in [6.45, 7) is 16.4. The van der Waals surface area contributed by atoms with Gasteiger partial charge >= 0.3 is 0 Å². The zero-order valence-corrected chi connectivity index (χ0v) is 28.1. The molecule has 1 aromatic heterocycles. The molecule has 41 heavy (non-hydrogen) atoms. The van der Waals surface area contributed by atoms with E-state index in [9.17, 15) is 9.90 Å². The summed E-state index contributed by atoms with van der Waals surface area (Å²) in [5.74, 6) is 1.55. The molecule has 4 rings (SSSR count). The van der Waals surface area contributed by atoms with Gasteiger partial charge in [0.15, 0.2) is 5.78 Å². The third-order valence-corrected chi connectivity index (χ3v) is 8.61. The van der Waals surface area contributed by atoms with Crippen LogP contribution in [0.5, 0.6) is 11.6 Å². The fourth-order valence-electron chi connectivity index (χ4n) is 4.65. The number of fused-ring (bicyclic) bond motifs is 2. The molecule has 1 N–H and O–H groups in total. The number of rotatable bonds is 9. The van der Waals surface area contributed by atoms with Crippen LogP contribution in [0, 0.1) is 30.7 Å². The molecule has 0 bridgehead atoms. The van der Waals surface area contributed by atoms with E-state index in [0.717, 1.165) is 36.5 Å². The molecule has 0 spiro atoms. The molecule has 1 radical (unpaired) electrons. The molecule has 0 atom stereocenters. The zero-order valence-electron chi connectivity index (χ0n) is 25.7. The van der Waals surface area contributed by atoms with Crippen LogP contribution in [0.25, 0.3) is 21.5 Å². The molecule has 3 aromatic carbocycles. The molecule has 0 fully saturated rings. The number of aliphatic hydroxyl groups excluding tert-OH is 1. The average Bonchev–Trinajstić information content (AvgIpc) is 2.96. The second kappa shape index (κ2) is 14.8. The number of ether oxygens (including phenoxy) is 1. The van der Waals surface area contributed by atoms with Crippen LogP contribution >= 0.6 is 0 Å². The van der Waals surface area contributed by atoms with Crippen LogP contribution in [-0.4, -0.2) is 15.9 Å². The van der Waals surface area contributed by atoms with Crippen LogP contribution in [-0.2, 0) is 24.9 Å². The van der Waals surface area contributed by atoms with Gasteiger partial charge in [0.2, 0.25) is 5.88 Å². The van der Waals surface area contributed by atoms with E-state index in [1.165, 1.54) is 28.0 Å². The van der Waals surface area contributed by atoms with Gasteiger partial charge in [-0.1, -0.05) is 59.2 Å². The Morgan fingerprint density at radius 2 is 1.56 bits per heavy atom. The zero-order chi connectivity index (χ0) is 29.5. The molecule has 0 saturated carbocycles. The van der Waals surface area contributed by atoms with Crippen molar-refractivity contribution in [3.05, 3.63) is 89.8 Å². The summed E-state index contributed by atoms with van der Waals surface area (Å²) in [7, 11) is 0. The van der Waals surface area contributed by atoms with Crippen molar-refractivity contribution in [1.82, 2.24) is 4.98 Å². The maximum Gasteiger partial charge on any atom is 0.217 e. The first-order valence-electron chi connectivity index (χ1n) is 14.4. The summed E-state index contributed by atoms with van der Waals surface area (Å²) < 4.78 is 5.78. The fraction of sp³-hybridized carbons (Fsp3) is 0.389. The number of benzene rings is 3. The van der Waals surface area contributed by atoms with E-state index >= 15 is 0 Å². The molecular weight excluding hydrogens is 687 g/mol. The van der Waals surface area contributed by atoms with Crippen LogP contribution in [0.15, 0.2) is 72.6 Å². The first-order chi connectivity index (χ1) is 19.0. The number of aryl methyl sites for hydroxylation is 2. The monoisotopic (exact) mass is 731 g/mol. The molecule has 0 unspecified atom stereocenters. The molecule has 0 saturated heterocycles. The summed E-state index contributed by atoms with van der Waals surface area (Å²) in [4.78, 5) is 16.6. The Hall–Kier alpha value is -3.01. The number of nitrogens with zero attached hydrogens (tertiary/aromatic N) is 1. The normalized spacial score (nSPS) is 12.0. The Balaban J connectivity index is 0.000000296. The second-order valence-corrected chi connectivity index (χ2v) is 11.3. The minimum Gasteiger partial charge on any atom is -0.512 e. The van der Waals surface area contributed by atoms with Gasteiger partial charge in [0, 0.05) is 60.4 Å². The molecule has 4 nitrogen and oxygen atoms in total. The van der Waals surface area contributed by atoms with E-state index in [0.29, 0.717) is 11.6 Å². The van der Waals surface area contributed by atoms with Crippen molar-refractivity contribution in [2.24, 2.45) is 10.8 Å². The standard InChI is InChI=1S/C21H16NO.C15H28O2.Ir/c1-14-8-15(2)20-11-16-12-21(23-19-6-4-3-5-7-19)22-13-18(16)10-17(20)9-14;1-7-14(5,8-2)12(16)11-13(17)15(6,9-3)10-4;/h3-6,8-13H,1-2H3;11,16H,7-10H2,1-6H3;/q-1;;/b;12-11-;. The van der Waals surface area contributed by atoms with E-state index in [1.807, 2.05) is 78.1 Å².